The lowest BCUT2D eigenvalue weighted by molar-refractivity contribution is -0.125. The number of nitrogens with one attached hydrogen (secondary N) is 2. The van der Waals surface area contributed by atoms with Crippen molar-refractivity contribution < 1.29 is 18.3 Å². The molecular weight excluding hydrogens is 414 g/mol. The van der Waals surface area contributed by atoms with Gasteiger partial charge in [-0.05, 0) is 49.6 Å². The molecule has 1 aliphatic carbocycles. The van der Waals surface area contributed by atoms with Crippen molar-refractivity contribution in [3.63, 3.8) is 0 Å². The number of hydrogen-bond acceptors (Lipinski definition) is 5. The summed E-state index contributed by atoms with van der Waals surface area (Å²) in [6, 6.07) is 14.8. The molecule has 1 aliphatic heterocycles. The summed E-state index contributed by atoms with van der Waals surface area (Å²) in [4.78, 5) is 17.8. The predicted molar refractivity (Wildman–Crippen MR) is 119 cm³/mol. The molecule has 2 heterocycles. The zero-order valence-corrected chi connectivity index (χ0v) is 17.9. The number of H-pyrrole nitrogens is 1. The van der Waals surface area contributed by atoms with Crippen molar-refractivity contribution in [1.82, 2.24) is 9.71 Å². The number of carbonyl (C=O) groups is 1. The van der Waals surface area contributed by atoms with Gasteiger partial charge in [-0.15, -0.1) is 0 Å². The van der Waals surface area contributed by atoms with E-state index in [4.69, 9.17) is 0 Å². The molecule has 1 saturated heterocycles. The molecule has 1 atom stereocenters. The Bertz CT molecular complexity index is 1210. The molecule has 1 amide bonds. The first-order valence-electron chi connectivity index (χ1n) is 10.6. The number of carbonyl (C=O) groups excluding carboxylic acids is 1. The van der Waals surface area contributed by atoms with Crippen LogP contribution in [0.15, 0.2) is 53.4 Å². The van der Waals surface area contributed by atoms with Crippen LogP contribution in [0.2, 0.25) is 0 Å². The molecule has 0 unspecified atom stereocenters. The molecule has 0 bridgehead atoms. The van der Waals surface area contributed by atoms with Crippen molar-refractivity contribution in [3.8, 4) is 11.3 Å². The lowest BCUT2D eigenvalue weighted by Gasteiger charge is -2.24. The minimum atomic E-state index is -3.97. The highest BCUT2D eigenvalue weighted by Crippen LogP contribution is 2.36. The Kier molecular flexibility index (Phi) is 4.98. The van der Waals surface area contributed by atoms with Crippen LogP contribution in [-0.2, 0) is 14.8 Å². The van der Waals surface area contributed by atoms with Crippen LogP contribution < -0.4 is 9.62 Å². The number of benzene rings is 2. The fourth-order valence-electron chi connectivity index (χ4n) is 4.30. The number of para-hydroxylation sites is 1. The van der Waals surface area contributed by atoms with Gasteiger partial charge in [0, 0.05) is 46.9 Å². The molecule has 3 aromatic rings. The summed E-state index contributed by atoms with van der Waals surface area (Å²) < 4.78 is 28.1. The van der Waals surface area contributed by atoms with E-state index >= 15 is 0 Å². The summed E-state index contributed by atoms with van der Waals surface area (Å²) in [5.74, 6) is -0.640. The summed E-state index contributed by atoms with van der Waals surface area (Å²) in [5, 5.41) is 11.0. The van der Waals surface area contributed by atoms with E-state index in [0.717, 1.165) is 47.1 Å². The minimum Gasteiger partial charge on any atom is -0.391 e. The second-order valence-corrected chi connectivity index (χ2v) is 10.1. The zero-order chi connectivity index (χ0) is 21.6. The van der Waals surface area contributed by atoms with Gasteiger partial charge in [-0.2, -0.15) is 0 Å². The minimum absolute atomic E-state index is 0.0531. The summed E-state index contributed by atoms with van der Waals surface area (Å²) in [5.41, 5.74) is 3.33. The number of aliphatic hydroxyl groups excluding tert-OH is 1. The quantitative estimate of drug-likeness (QED) is 0.567. The summed E-state index contributed by atoms with van der Waals surface area (Å²) in [6.45, 7) is 1.19. The number of rotatable bonds is 5. The van der Waals surface area contributed by atoms with E-state index in [1.807, 2.05) is 30.3 Å². The van der Waals surface area contributed by atoms with Crippen LogP contribution in [-0.4, -0.2) is 43.6 Å². The third-order valence-electron chi connectivity index (χ3n) is 6.31. The second-order valence-electron chi connectivity index (χ2n) is 8.44. The molecule has 0 spiro atoms. The van der Waals surface area contributed by atoms with E-state index in [9.17, 15) is 18.3 Å². The van der Waals surface area contributed by atoms with Crippen LogP contribution >= 0.6 is 0 Å². The first-order valence-corrected chi connectivity index (χ1v) is 12.1. The lowest BCUT2D eigenvalue weighted by atomic mass is 9.85. The molecule has 2 aliphatic rings. The Labute approximate surface area is 181 Å². The summed E-state index contributed by atoms with van der Waals surface area (Å²) in [6.07, 6.45) is 2.69. The summed E-state index contributed by atoms with van der Waals surface area (Å²) in [7, 11) is -3.97. The SMILES string of the molecule is O=C(NS(=O)(=O)c1ccc(N2CC[C@H](O)C2)c(-c2cc3ccccc3[nH]2)c1)C1CCC1. The second kappa shape index (κ2) is 7.69. The van der Waals surface area contributed by atoms with E-state index in [0.29, 0.717) is 19.5 Å². The standard InChI is InChI=1S/C23H25N3O4S/c27-17-10-11-26(14-17)22-9-8-18(31(29,30)25-23(28)15-5-3-6-15)13-19(22)21-12-16-4-1-2-7-20(16)24-21/h1-2,4,7-9,12-13,15,17,24,27H,3,5-6,10-11,14H2,(H,25,28)/t17-/m0/s1. The highest BCUT2D eigenvalue weighted by atomic mass is 32.2. The highest BCUT2D eigenvalue weighted by Gasteiger charge is 2.30. The number of aromatic amines is 1. The van der Waals surface area contributed by atoms with Crippen LogP contribution in [0.4, 0.5) is 5.69 Å². The number of aliphatic hydroxyl groups is 1. The van der Waals surface area contributed by atoms with Gasteiger partial charge in [-0.1, -0.05) is 24.6 Å². The van der Waals surface area contributed by atoms with E-state index in [1.165, 1.54) is 6.07 Å². The fourth-order valence-corrected chi connectivity index (χ4v) is 5.37. The zero-order valence-electron chi connectivity index (χ0n) is 17.0. The number of fused-ring (bicyclic) bond motifs is 1. The third kappa shape index (κ3) is 3.81. The van der Waals surface area contributed by atoms with Gasteiger partial charge in [-0.3, -0.25) is 4.79 Å². The van der Waals surface area contributed by atoms with Crippen LogP contribution in [0.3, 0.4) is 0 Å². The van der Waals surface area contributed by atoms with Crippen molar-refractivity contribution in [2.45, 2.75) is 36.7 Å². The molecule has 7 nitrogen and oxygen atoms in total. The van der Waals surface area contributed by atoms with Crippen molar-refractivity contribution in [1.29, 1.82) is 0 Å². The maximum absolute atomic E-state index is 12.9. The van der Waals surface area contributed by atoms with Gasteiger partial charge >= 0.3 is 0 Å². The van der Waals surface area contributed by atoms with Crippen molar-refractivity contribution in [2.24, 2.45) is 5.92 Å². The number of anilines is 1. The normalized spacial score (nSPS) is 19.5. The van der Waals surface area contributed by atoms with E-state index < -0.39 is 22.0 Å². The number of β-amino-alcohol motifs (C(OH)–C–C–N with tert-alkyl or cyclic N) is 1. The molecule has 2 fully saturated rings. The fraction of sp³-hybridized carbons (Fsp3) is 0.348. The average molecular weight is 440 g/mol. The first kappa shape index (κ1) is 20.1. The van der Waals surface area contributed by atoms with Gasteiger partial charge in [0.2, 0.25) is 5.91 Å². The number of sulfonamides is 1. The van der Waals surface area contributed by atoms with Crippen LogP contribution in [0.25, 0.3) is 22.2 Å². The highest BCUT2D eigenvalue weighted by molar-refractivity contribution is 7.90. The van der Waals surface area contributed by atoms with Crippen LogP contribution in [0.5, 0.6) is 0 Å². The molecule has 5 rings (SSSR count). The van der Waals surface area contributed by atoms with E-state index in [2.05, 4.69) is 14.6 Å². The van der Waals surface area contributed by atoms with Crippen LogP contribution in [0, 0.1) is 5.92 Å². The molecule has 3 N–H and O–H groups in total. The van der Waals surface area contributed by atoms with Gasteiger partial charge in [0.25, 0.3) is 10.0 Å². The predicted octanol–water partition coefficient (Wildman–Crippen LogP) is 3.01. The maximum atomic E-state index is 12.9. The molecule has 31 heavy (non-hydrogen) atoms. The molecule has 8 heteroatoms. The van der Waals surface area contributed by atoms with Gasteiger partial charge in [0.05, 0.1) is 11.0 Å². The van der Waals surface area contributed by atoms with Crippen molar-refractivity contribution in [3.05, 3.63) is 48.5 Å². The molecule has 0 radical (unpaired) electrons. The smallest absolute Gasteiger partial charge is 0.264 e. The Morgan fingerprint density at radius 2 is 1.90 bits per heavy atom. The Balaban J connectivity index is 1.56. The third-order valence-corrected chi connectivity index (χ3v) is 7.66. The van der Waals surface area contributed by atoms with Crippen LogP contribution in [0.1, 0.15) is 25.7 Å². The average Bonchev–Trinajstić information content (AvgIpc) is 3.31. The number of amides is 1. The number of hydrogen-bond donors (Lipinski definition) is 3. The van der Waals surface area contributed by atoms with Gasteiger partial charge < -0.3 is 15.0 Å². The van der Waals surface area contributed by atoms with Crippen molar-refractivity contribution in [2.75, 3.05) is 18.0 Å². The number of nitrogens with zero attached hydrogens (tertiary/aromatic N) is 1. The van der Waals surface area contributed by atoms with Gasteiger partial charge in [0.1, 0.15) is 0 Å². The topological polar surface area (TPSA) is 102 Å². The first-order chi connectivity index (χ1) is 14.9. The molecule has 1 aromatic heterocycles. The van der Waals surface area contributed by atoms with Crippen molar-refractivity contribution >= 4 is 32.5 Å². The summed E-state index contributed by atoms with van der Waals surface area (Å²) >= 11 is 0. The molecular formula is C23H25N3O4S. The van der Waals surface area contributed by atoms with Gasteiger partial charge in [0.15, 0.2) is 0 Å². The monoisotopic (exact) mass is 439 g/mol. The molecule has 1 saturated carbocycles. The molecule has 162 valence electrons. The van der Waals surface area contributed by atoms with E-state index in [-0.39, 0.29) is 10.8 Å². The van der Waals surface area contributed by atoms with Gasteiger partial charge in [-0.25, -0.2) is 13.1 Å². The largest absolute Gasteiger partial charge is 0.391 e. The number of aromatic nitrogens is 1. The lowest BCUT2D eigenvalue weighted by Crippen LogP contribution is -2.38. The Morgan fingerprint density at radius 1 is 1.10 bits per heavy atom. The van der Waals surface area contributed by atoms with E-state index in [1.54, 1.807) is 12.1 Å². The molecule has 2 aromatic carbocycles. The Morgan fingerprint density at radius 3 is 2.58 bits per heavy atom. The maximum Gasteiger partial charge on any atom is 0.264 e. The Hall–Kier alpha value is -2.84.